The summed E-state index contributed by atoms with van der Waals surface area (Å²) in [7, 11) is 0. The molecule has 0 bridgehead atoms. The Balaban J connectivity index is 2.43. The Morgan fingerprint density at radius 1 is 1.17 bits per heavy atom. The fraction of sp³-hybridized carbons (Fsp3) is 0.882. The summed E-state index contributed by atoms with van der Waals surface area (Å²) in [5.74, 6) is 0. The summed E-state index contributed by atoms with van der Waals surface area (Å²) in [6.45, 7) is 6.80. The Morgan fingerprint density at radius 2 is 2.00 bits per heavy atom. The van der Waals surface area contributed by atoms with Crippen molar-refractivity contribution in [1.82, 2.24) is 0 Å². The maximum absolute atomic E-state index is 6.33. The lowest BCUT2D eigenvalue weighted by molar-refractivity contribution is -0.00483. The number of rotatable bonds is 9. The van der Waals surface area contributed by atoms with Crippen LogP contribution in [-0.2, 0) is 4.74 Å². The van der Waals surface area contributed by atoms with Gasteiger partial charge in [0.2, 0.25) is 0 Å². The minimum Gasteiger partial charge on any atom is -0.371 e. The van der Waals surface area contributed by atoms with Gasteiger partial charge >= 0.3 is 0 Å². The van der Waals surface area contributed by atoms with Crippen molar-refractivity contribution in [1.29, 1.82) is 0 Å². The van der Waals surface area contributed by atoms with E-state index in [1.807, 2.05) is 0 Å². The summed E-state index contributed by atoms with van der Waals surface area (Å²) in [5, 5.41) is 0. The summed E-state index contributed by atoms with van der Waals surface area (Å²) in [5.41, 5.74) is 1.64. The van der Waals surface area contributed by atoms with Gasteiger partial charge in [0.25, 0.3) is 0 Å². The van der Waals surface area contributed by atoms with E-state index in [1.54, 1.807) is 5.57 Å². The topological polar surface area (TPSA) is 9.23 Å². The molecule has 0 heterocycles. The van der Waals surface area contributed by atoms with E-state index in [2.05, 4.69) is 26.8 Å². The molecule has 0 aromatic heterocycles. The molecule has 0 aromatic rings. The van der Waals surface area contributed by atoms with E-state index in [0.717, 1.165) is 0 Å². The van der Waals surface area contributed by atoms with Crippen molar-refractivity contribution in [3.05, 3.63) is 11.6 Å². The molecule has 0 N–H and O–H groups in total. The zero-order valence-electron chi connectivity index (χ0n) is 12.7. The lowest BCUT2D eigenvalue weighted by atomic mass is 9.94. The molecule has 1 heteroatoms. The second-order valence-corrected chi connectivity index (χ2v) is 5.69. The third-order valence-corrected chi connectivity index (χ3v) is 3.84. The second-order valence-electron chi connectivity index (χ2n) is 5.69. The van der Waals surface area contributed by atoms with Crippen LogP contribution in [0.4, 0.5) is 0 Å². The van der Waals surface area contributed by atoms with Crippen molar-refractivity contribution in [3.8, 4) is 0 Å². The fourth-order valence-corrected chi connectivity index (χ4v) is 2.88. The molecule has 18 heavy (non-hydrogen) atoms. The van der Waals surface area contributed by atoms with Gasteiger partial charge in [-0.3, -0.25) is 0 Å². The average molecular weight is 252 g/mol. The van der Waals surface area contributed by atoms with Crippen molar-refractivity contribution in [3.63, 3.8) is 0 Å². The van der Waals surface area contributed by atoms with Crippen LogP contribution in [0.2, 0.25) is 0 Å². The second kappa shape index (κ2) is 9.61. The molecule has 0 saturated carbocycles. The highest BCUT2D eigenvalue weighted by atomic mass is 16.5. The highest BCUT2D eigenvalue weighted by molar-refractivity contribution is 5.09. The van der Waals surface area contributed by atoms with Crippen LogP contribution in [0.3, 0.4) is 0 Å². The van der Waals surface area contributed by atoms with Crippen LogP contribution >= 0.6 is 0 Å². The predicted octanol–water partition coefficient (Wildman–Crippen LogP) is 5.64. The fourth-order valence-electron chi connectivity index (χ4n) is 2.88. The molecule has 0 fully saturated rings. The van der Waals surface area contributed by atoms with E-state index in [4.69, 9.17) is 4.74 Å². The number of hydrogen-bond acceptors (Lipinski definition) is 1. The Bertz CT molecular complexity index is 232. The minimum absolute atomic E-state index is 0.411. The van der Waals surface area contributed by atoms with Gasteiger partial charge in [0, 0.05) is 0 Å². The summed E-state index contributed by atoms with van der Waals surface area (Å²) >= 11 is 0. The molecule has 0 amide bonds. The number of hydrogen-bond donors (Lipinski definition) is 0. The first-order valence-corrected chi connectivity index (χ1v) is 8.15. The van der Waals surface area contributed by atoms with E-state index >= 15 is 0 Å². The van der Waals surface area contributed by atoms with Gasteiger partial charge in [0.1, 0.15) is 0 Å². The van der Waals surface area contributed by atoms with E-state index in [0.29, 0.717) is 12.2 Å². The Labute approximate surface area is 114 Å². The van der Waals surface area contributed by atoms with Crippen molar-refractivity contribution < 1.29 is 4.74 Å². The molecule has 0 spiro atoms. The molecule has 1 nitrogen and oxygen atoms in total. The van der Waals surface area contributed by atoms with Gasteiger partial charge in [0.05, 0.1) is 12.2 Å². The molecule has 0 radical (unpaired) electrons. The van der Waals surface area contributed by atoms with Gasteiger partial charge in [-0.25, -0.2) is 0 Å². The SMILES string of the molecule is CCCCC(CCC)OC1C=C(CCC)CCC1. The van der Waals surface area contributed by atoms with Crippen LogP contribution in [0.15, 0.2) is 11.6 Å². The predicted molar refractivity (Wildman–Crippen MR) is 79.9 cm³/mol. The van der Waals surface area contributed by atoms with Gasteiger partial charge < -0.3 is 4.74 Å². The molecule has 106 valence electrons. The Kier molecular flexibility index (Phi) is 8.41. The number of allylic oxidation sites excluding steroid dienone is 1. The van der Waals surface area contributed by atoms with Gasteiger partial charge in [-0.1, -0.05) is 58.1 Å². The van der Waals surface area contributed by atoms with E-state index in [1.165, 1.54) is 64.2 Å². The normalized spacial score (nSPS) is 21.7. The van der Waals surface area contributed by atoms with Crippen molar-refractivity contribution in [2.24, 2.45) is 0 Å². The Morgan fingerprint density at radius 3 is 2.67 bits per heavy atom. The highest BCUT2D eigenvalue weighted by Gasteiger charge is 2.18. The van der Waals surface area contributed by atoms with Gasteiger partial charge in [0.15, 0.2) is 0 Å². The maximum atomic E-state index is 6.33. The molecular formula is C17H32O. The first kappa shape index (κ1) is 15.8. The van der Waals surface area contributed by atoms with E-state index in [-0.39, 0.29) is 0 Å². The Hall–Kier alpha value is -0.300. The minimum atomic E-state index is 0.411. The largest absolute Gasteiger partial charge is 0.371 e. The molecular weight excluding hydrogens is 220 g/mol. The van der Waals surface area contributed by atoms with Crippen LogP contribution in [0.1, 0.15) is 85.0 Å². The van der Waals surface area contributed by atoms with Gasteiger partial charge in [-0.15, -0.1) is 0 Å². The van der Waals surface area contributed by atoms with Crippen molar-refractivity contribution >= 4 is 0 Å². The van der Waals surface area contributed by atoms with Crippen molar-refractivity contribution in [2.45, 2.75) is 97.2 Å². The number of unbranched alkanes of at least 4 members (excludes halogenated alkanes) is 1. The van der Waals surface area contributed by atoms with Gasteiger partial charge in [-0.05, 0) is 38.5 Å². The smallest absolute Gasteiger partial charge is 0.0762 e. The molecule has 0 aliphatic heterocycles. The molecule has 0 aromatic carbocycles. The summed E-state index contributed by atoms with van der Waals surface area (Å²) in [6.07, 6.45) is 16.1. The first-order valence-electron chi connectivity index (χ1n) is 8.15. The maximum Gasteiger partial charge on any atom is 0.0762 e. The standard InChI is InChI=1S/C17H32O/c1-4-7-12-16(10-6-3)18-17-13-8-11-15(14-17)9-5-2/h14,16-17H,4-13H2,1-3H3. The zero-order valence-corrected chi connectivity index (χ0v) is 12.7. The molecule has 1 rings (SSSR count). The zero-order chi connectivity index (χ0) is 13.2. The lowest BCUT2D eigenvalue weighted by Gasteiger charge is -2.26. The number of ether oxygens (including phenoxy) is 1. The van der Waals surface area contributed by atoms with Crippen LogP contribution in [-0.4, -0.2) is 12.2 Å². The monoisotopic (exact) mass is 252 g/mol. The van der Waals surface area contributed by atoms with E-state index in [9.17, 15) is 0 Å². The van der Waals surface area contributed by atoms with Gasteiger partial charge in [-0.2, -0.15) is 0 Å². The quantitative estimate of drug-likeness (QED) is 0.482. The van der Waals surface area contributed by atoms with Crippen LogP contribution in [0.5, 0.6) is 0 Å². The lowest BCUT2D eigenvalue weighted by Crippen LogP contribution is -2.23. The van der Waals surface area contributed by atoms with Crippen LogP contribution in [0, 0.1) is 0 Å². The highest BCUT2D eigenvalue weighted by Crippen LogP contribution is 2.25. The molecule has 1 aliphatic rings. The molecule has 0 saturated heterocycles. The summed E-state index contributed by atoms with van der Waals surface area (Å²) < 4.78 is 6.33. The first-order chi connectivity index (χ1) is 8.80. The van der Waals surface area contributed by atoms with E-state index < -0.39 is 0 Å². The van der Waals surface area contributed by atoms with Crippen molar-refractivity contribution in [2.75, 3.05) is 0 Å². The molecule has 2 atom stereocenters. The molecule has 1 aliphatic carbocycles. The summed E-state index contributed by atoms with van der Waals surface area (Å²) in [6, 6.07) is 0. The third kappa shape index (κ3) is 6.04. The molecule has 2 unspecified atom stereocenters. The van der Waals surface area contributed by atoms with Crippen LogP contribution in [0.25, 0.3) is 0 Å². The summed E-state index contributed by atoms with van der Waals surface area (Å²) in [4.78, 5) is 0. The van der Waals surface area contributed by atoms with Crippen LogP contribution < -0.4 is 0 Å². The average Bonchev–Trinajstić information content (AvgIpc) is 2.37. The third-order valence-electron chi connectivity index (χ3n) is 3.84.